The number of rotatable bonds is 9. The number of guanidine groups is 1. The van der Waals surface area contributed by atoms with E-state index in [0.29, 0.717) is 12.5 Å². The zero-order chi connectivity index (χ0) is 16.4. The van der Waals surface area contributed by atoms with Crippen LogP contribution in [0.3, 0.4) is 0 Å². The molecule has 5 nitrogen and oxygen atoms in total. The quantitative estimate of drug-likeness (QED) is 0.357. The Balaban J connectivity index is 0.00000484. The van der Waals surface area contributed by atoms with E-state index >= 15 is 0 Å². The average Bonchev–Trinajstić information content (AvgIpc) is 2.56. The first-order valence-corrected chi connectivity index (χ1v) is 8.07. The first-order valence-electron chi connectivity index (χ1n) is 8.07. The van der Waals surface area contributed by atoms with Crippen LogP contribution in [0.15, 0.2) is 29.3 Å². The lowest BCUT2D eigenvalue weighted by molar-refractivity contribution is 0.224. The normalized spacial score (nSPS) is 12.7. The number of hydrogen-bond acceptors (Lipinski definition) is 3. The van der Waals surface area contributed by atoms with Crippen molar-refractivity contribution in [1.82, 2.24) is 10.2 Å². The molecule has 6 heteroatoms. The number of nitrogens with two attached hydrogens (primary N) is 1. The van der Waals surface area contributed by atoms with Crippen LogP contribution < -0.4 is 15.8 Å². The highest BCUT2D eigenvalue weighted by molar-refractivity contribution is 14.0. The zero-order valence-electron chi connectivity index (χ0n) is 14.7. The van der Waals surface area contributed by atoms with Crippen LogP contribution in [0.1, 0.15) is 38.8 Å². The summed E-state index contributed by atoms with van der Waals surface area (Å²) in [5, 5.41) is 3.12. The zero-order valence-corrected chi connectivity index (χ0v) is 17.0. The highest BCUT2D eigenvalue weighted by atomic mass is 127. The van der Waals surface area contributed by atoms with Gasteiger partial charge in [0.25, 0.3) is 0 Å². The number of aliphatic imine (C=N–C) groups is 1. The molecule has 3 N–H and O–H groups in total. The van der Waals surface area contributed by atoms with Gasteiger partial charge >= 0.3 is 0 Å². The Morgan fingerprint density at radius 1 is 1.30 bits per heavy atom. The highest BCUT2D eigenvalue weighted by Crippen LogP contribution is 2.24. The van der Waals surface area contributed by atoms with Gasteiger partial charge in [0.05, 0.1) is 19.7 Å². The van der Waals surface area contributed by atoms with E-state index in [0.717, 1.165) is 31.8 Å². The molecule has 0 fully saturated rings. The molecule has 0 bridgehead atoms. The molecule has 0 saturated heterocycles. The second-order valence-electron chi connectivity index (χ2n) is 5.17. The van der Waals surface area contributed by atoms with Crippen LogP contribution >= 0.6 is 24.0 Å². The highest BCUT2D eigenvalue weighted by Gasteiger charge is 2.18. The van der Waals surface area contributed by atoms with Gasteiger partial charge in [-0.15, -0.1) is 24.0 Å². The SMILES string of the molecule is CCCNC(N)=NCC(c1cccc(OC)c1)N(CC)CC.I. The summed E-state index contributed by atoms with van der Waals surface area (Å²) in [6.07, 6.45) is 1.03. The van der Waals surface area contributed by atoms with E-state index in [1.807, 2.05) is 12.1 Å². The number of nitrogens with zero attached hydrogens (tertiary/aromatic N) is 2. The predicted octanol–water partition coefficient (Wildman–Crippen LogP) is 3.01. The minimum absolute atomic E-state index is 0. The smallest absolute Gasteiger partial charge is 0.188 e. The Labute approximate surface area is 157 Å². The fraction of sp³-hybridized carbons (Fsp3) is 0.588. The summed E-state index contributed by atoms with van der Waals surface area (Å²) in [5.74, 6) is 1.39. The second kappa shape index (κ2) is 12.4. The van der Waals surface area contributed by atoms with Crippen LogP contribution in [0, 0.1) is 0 Å². The minimum atomic E-state index is 0. The van der Waals surface area contributed by atoms with Crippen molar-refractivity contribution in [3.8, 4) is 5.75 Å². The van der Waals surface area contributed by atoms with Crippen molar-refractivity contribution in [1.29, 1.82) is 0 Å². The van der Waals surface area contributed by atoms with Gasteiger partial charge < -0.3 is 15.8 Å². The lowest BCUT2D eigenvalue weighted by Gasteiger charge is -2.29. The molecule has 0 spiro atoms. The topological polar surface area (TPSA) is 62.9 Å². The summed E-state index contributed by atoms with van der Waals surface area (Å²) in [4.78, 5) is 6.89. The van der Waals surface area contributed by atoms with Crippen LogP contribution in [-0.4, -0.2) is 44.1 Å². The molecule has 1 atom stereocenters. The fourth-order valence-electron chi connectivity index (χ4n) is 2.44. The average molecular weight is 434 g/mol. The standard InChI is InChI=1S/C17H30N4O.HI/c1-5-11-19-17(18)20-13-16(21(6-2)7-3)14-9-8-10-15(12-14)22-4;/h8-10,12,16H,5-7,11,13H2,1-4H3,(H3,18,19,20);1H. The molecule has 0 heterocycles. The third kappa shape index (κ3) is 7.39. The Hall–Kier alpha value is -1.02. The lowest BCUT2D eigenvalue weighted by atomic mass is 10.0. The number of nitrogens with one attached hydrogen (secondary N) is 1. The summed E-state index contributed by atoms with van der Waals surface area (Å²) in [7, 11) is 1.69. The predicted molar refractivity (Wildman–Crippen MR) is 109 cm³/mol. The van der Waals surface area contributed by atoms with Gasteiger partial charge in [-0.3, -0.25) is 9.89 Å². The van der Waals surface area contributed by atoms with Crippen LogP contribution in [0.25, 0.3) is 0 Å². The van der Waals surface area contributed by atoms with Crippen molar-refractivity contribution in [3.05, 3.63) is 29.8 Å². The first-order chi connectivity index (χ1) is 10.7. The number of likely N-dealkylation sites (N-methyl/N-ethyl adjacent to an activating group) is 1. The van der Waals surface area contributed by atoms with Crippen LogP contribution in [-0.2, 0) is 0 Å². The first kappa shape index (κ1) is 22.0. The van der Waals surface area contributed by atoms with E-state index in [1.165, 1.54) is 5.56 Å². The van der Waals surface area contributed by atoms with Gasteiger partial charge in [-0.2, -0.15) is 0 Å². The van der Waals surface area contributed by atoms with Crippen molar-refractivity contribution in [2.45, 2.75) is 33.2 Å². The van der Waals surface area contributed by atoms with Gasteiger partial charge in [-0.25, -0.2) is 0 Å². The molecular weight excluding hydrogens is 403 g/mol. The van der Waals surface area contributed by atoms with Crippen molar-refractivity contribution >= 4 is 29.9 Å². The van der Waals surface area contributed by atoms with Crippen LogP contribution in [0.2, 0.25) is 0 Å². The van der Waals surface area contributed by atoms with Gasteiger partial charge in [0.1, 0.15) is 5.75 Å². The van der Waals surface area contributed by atoms with Crippen LogP contribution in [0.4, 0.5) is 0 Å². The van der Waals surface area contributed by atoms with Crippen molar-refractivity contribution < 1.29 is 4.74 Å². The Morgan fingerprint density at radius 3 is 2.57 bits per heavy atom. The Morgan fingerprint density at radius 2 is 2.00 bits per heavy atom. The molecule has 1 aromatic carbocycles. The van der Waals surface area contributed by atoms with Gasteiger partial charge in [0, 0.05) is 6.54 Å². The van der Waals surface area contributed by atoms with E-state index in [1.54, 1.807) is 7.11 Å². The molecular formula is C17H31IN4O. The van der Waals surface area contributed by atoms with Crippen molar-refractivity contribution in [2.24, 2.45) is 10.7 Å². The number of benzene rings is 1. The summed E-state index contributed by atoms with van der Waals surface area (Å²) in [6.45, 7) is 9.86. The molecule has 0 aliphatic heterocycles. The Kier molecular flexibility index (Phi) is 11.9. The largest absolute Gasteiger partial charge is 0.497 e. The van der Waals surface area contributed by atoms with Crippen molar-refractivity contribution in [3.63, 3.8) is 0 Å². The molecule has 0 radical (unpaired) electrons. The summed E-state index contributed by atoms with van der Waals surface area (Å²) in [5.41, 5.74) is 7.12. The van der Waals surface area contributed by atoms with Crippen molar-refractivity contribution in [2.75, 3.05) is 33.3 Å². The maximum atomic E-state index is 5.92. The molecule has 0 saturated carbocycles. The number of hydrogen-bond donors (Lipinski definition) is 2. The third-order valence-corrected chi connectivity index (χ3v) is 3.72. The summed E-state index contributed by atoms with van der Waals surface area (Å²) >= 11 is 0. The molecule has 1 rings (SSSR count). The van der Waals surface area contributed by atoms with Gasteiger partial charge in [-0.05, 0) is 37.2 Å². The summed E-state index contributed by atoms with van der Waals surface area (Å²) in [6, 6.07) is 8.38. The maximum Gasteiger partial charge on any atom is 0.188 e. The molecule has 132 valence electrons. The number of methoxy groups -OCH3 is 1. The number of halogens is 1. The van der Waals surface area contributed by atoms with Crippen LogP contribution in [0.5, 0.6) is 5.75 Å². The Bertz CT molecular complexity index is 464. The van der Waals surface area contributed by atoms with E-state index in [4.69, 9.17) is 10.5 Å². The summed E-state index contributed by atoms with van der Waals surface area (Å²) < 4.78 is 5.34. The molecule has 0 aliphatic carbocycles. The van der Waals surface area contributed by atoms with E-state index in [9.17, 15) is 0 Å². The second-order valence-corrected chi connectivity index (χ2v) is 5.17. The van der Waals surface area contributed by atoms with E-state index in [-0.39, 0.29) is 30.0 Å². The lowest BCUT2D eigenvalue weighted by Crippen LogP contribution is -2.35. The molecule has 1 aromatic rings. The number of ether oxygens (including phenoxy) is 1. The molecule has 0 aromatic heterocycles. The van der Waals surface area contributed by atoms with Gasteiger partial charge in [0.2, 0.25) is 0 Å². The third-order valence-electron chi connectivity index (χ3n) is 3.72. The fourth-order valence-corrected chi connectivity index (χ4v) is 2.44. The van der Waals surface area contributed by atoms with Gasteiger partial charge in [0.15, 0.2) is 5.96 Å². The molecule has 0 aliphatic rings. The molecule has 0 amide bonds. The molecule has 1 unspecified atom stereocenters. The van der Waals surface area contributed by atoms with E-state index < -0.39 is 0 Å². The monoisotopic (exact) mass is 434 g/mol. The molecule has 23 heavy (non-hydrogen) atoms. The minimum Gasteiger partial charge on any atom is -0.497 e. The maximum absolute atomic E-state index is 5.92. The van der Waals surface area contributed by atoms with Gasteiger partial charge in [-0.1, -0.05) is 32.9 Å². The van der Waals surface area contributed by atoms with E-state index in [2.05, 4.69) is 48.1 Å².